The van der Waals surface area contributed by atoms with Crippen LogP contribution in [0.3, 0.4) is 0 Å². The quantitative estimate of drug-likeness (QED) is 0.703. The molecule has 2 amide bonds. The van der Waals surface area contributed by atoms with Gasteiger partial charge in [0.15, 0.2) is 0 Å². The van der Waals surface area contributed by atoms with Crippen molar-refractivity contribution < 1.29 is 14.3 Å². The van der Waals surface area contributed by atoms with Gasteiger partial charge in [-0.15, -0.1) is 0 Å². The van der Waals surface area contributed by atoms with Crippen LogP contribution in [0.2, 0.25) is 0 Å². The lowest BCUT2D eigenvalue weighted by Crippen LogP contribution is -2.24. The van der Waals surface area contributed by atoms with Crippen LogP contribution in [0.15, 0.2) is 67.1 Å². The van der Waals surface area contributed by atoms with Gasteiger partial charge in [-0.25, -0.2) is 0 Å². The van der Waals surface area contributed by atoms with Crippen molar-refractivity contribution in [1.29, 1.82) is 0 Å². The topological polar surface area (TPSA) is 93.2 Å². The molecule has 2 heterocycles. The number of carbonyl (C=O) groups is 2. The highest BCUT2D eigenvalue weighted by atomic mass is 16.5. The number of carbonyl (C=O) groups excluding carboxylic acids is 2. The Kier molecular flexibility index (Phi) is 5.73. The number of nitrogens with zero attached hydrogens (tertiary/aromatic N) is 2. The van der Waals surface area contributed by atoms with Gasteiger partial charge in [0.25, 0.3) is 11.8 Å². The molecular weight excluding hydrogens is 344 g/mol. The SMILES string of the molecule is COc1ccc(NC(=O)c2cncc(C(=O)NCc3ccccn3)c2)cc1. The highest BCUT2D eigenvalue weighted by Gasteiger charge is 2.12. The van der Waals surface area contributed by atoms with E-state index in [0.717, 1.165) is 5.69 Å². The minimum Gasteiger partial charge on any atom is -0.497 e. The largest absolute Gasteiger partial charge is 0.497 e. The van der Waals surface area contributed by atoms with Crippen LogP contribution < -0.4 is 15.4 Å². The average Bonchev–Trinajstić information content (AvgIpc) is 2.73. The summed E-state index contributed by atoms with van der Waals surface area (Å²) in [7, 11) is 1.57. The van der Waals surface area contributed by atoms with Gasteiger partial charge in [0.2, 0.25) is 0 Å². The number of benzene rings is 1. The summed E-state index contributed by atoms with van der Waals surface area (Å²) in [5.41, 5.74) is 1.95. The smallest absolute Gasteiger partial charge is 0.257 e. The first-order valence-corrected chi connectivity index (χ1v) is 8.24. The van der Waals surface area contributed by atoms with Gasteiger partial charge in [-0.05, 0) is 42.5 Å². The minimum atomic E-state index is -0.355. The molecule has 0 saturated heterocycles. The molecule has 3 aromatic rings. The predicted octanol–water partition coefficient (Wildman–Crippen LogP) is 2.67. The summed E-state index contributed by atoms with van der Waals surface area (Å²) in [6.07, 6.45) is 4.49. The fourth-order valence-electron chi connectivity index (χ4n) is 2.34. The first-order chi connectivity index (χ1) is 13.2. The van der Waals surface area contributed by atoms with Crippen LogP contribution in [0.4, 0.5) is 5.69 Å². The zero-order chi connectivity index (χ0) is 19.1. The van der Waals surface area contributed by atoms with Gasteiger partial charge < -0.3 is 15.4 Å². The molecule has 0 bridgehead atoms. The summed E-state index contributed by atoms with van der Waals surface area (Å²) < 4.78 is 5.08. The lowest BCUT2D eigenvalue weighted by molar-refractivity contribution is 0.0950. The van der Waals surface area contributed by atoms with Crippen molar-refractivity contribution >= 4 is 17.5 Å². The Morgan fingerprint density at radius 1 is 1.00 bits per heavy atom. The molecule has 7 nitrogen and oxygen atoms in total. The number of aromatic nitrogens is 2. The van der Waals surface area contributed by atoms with Crippen molar-refractivity contribution in [2.24, 2.45) is 0 Å². The average molecular weight is 362 g/mol. The summed E-state index contributed by atoms with van der Waals surface area (Å²) >= 11 is 0. The molecule has 0 unspecified atom stereocenters. The number of hydrogen-bond donors (Lipinski definition) is 2. The molecule has 0 saturated carbocycles. The molecule has 7 heteroatoms. The van der Waals surface area contributed by atoms with Gasteiger partial charge in [0.1, 0.15) is 5.75 Å². The third-order valence-electron chi connectivity index (χ3n) is 3.77. The van der Waals surface area contributed by atoms with E-state index in [9.17, 15) is 9.59 Å². The molecule has 2 N–H and O–H groups in total. The van der Waals surface area contributed by atoms with Crippen molar-refractivity contribution in [3.63, 3.8) is 0 Å². The Bertz CT molecular complexity index is 927. The van der Waals surface area contributed by atoms with Crippen LogP contribution in [-0.4, -0.2) is 28.9 Å². The van der Waals surface area contributed by atoms with Gasteiger partial charge >= 0.3 is 0 Å². The Labute approximate surface area is 156 Å². The zero-order valence-corrected chi connectivity index (χ0v) is 14.7. The second-order valence-corrected chi connectivity index (χ2v) is 5.65. The molecule has 0 spiro atoms. The highest BCUT2D eigenvalue weighted by Crippen LogP contribution is 2.16. The summed E-state index contributed by atoms with van der Waals surface area (Å²) in [5, 5.41) is 5.51. The third kappa shape index (κ3) is 4.88. The molecule has 136 valence electrons. The standard InChI is InChI=1S/C20H18N4O3/c1-27-18-7-5-16(6-8-18)24-20(26)15-10-14(11-21-12-15)19(25)23-13-17-4-2-3-9-22-17/h2-12H,13H2,1H3,(H,23,25)(H,24,26). The molecule has 3 rings (SSSR count). The second kappa shape index (κ2) is 8.57. The lowest BCUT2D eigenvalue weighted by Gasteiger charge is -2.08. The Morgan fingerprint density at radius 3 is 2.41 bits per heavy atom. The van der Waals surface area contributed by atoms with E-state index in [2.05, 4.69) is 20.6 Å². The zero-order valence-electron chi connectivity index (χ0n) is 14.7. The van der Waals surface area contributed by atoms with Gasteiger partial charge in [-0.2, -0.15) is 0 Å². The number of pyridine rings is 2. The molecular formula is C20H18N4O3. The van der Waals surface area contributed by atoms with Crippen LogP contribution in [0.25, 0.3) is 0 Å². The molecule has 27 heavy (non-hydrogen) atoms. The van der Waals surface area contributed by atoms with Crippen LogP contribution in [0.1, 0.15) is 26.4 Å². The van der Waals surface area contributed by atoms with E-state index < -0.39 is 0 Å². The van der Waals surface area contributed by atoms with Crippen molar-refractivity contribution in [3.05, 3.63) is 83.9 Å². The summed E-state index contributed by atoms with van der Waals surface area (Å²) in [6, 6.07) is 13.9. The van der Waals surface area contributed by atoms with E-state index in [1.54, 1.807) is 43.6 Å². The van der Waals surface area contributed by atoms with Crippen LogP contribution in [0, 0.1) is 0 Å². The monoisotopic (exact) mass is 362 g/mol. The first kappa shape index (κ1) is 18.1. The minimum absolute atomic E-state index is 0.288. The normalized spacial score (nSPS) is 10.1. The Morgan fingerprint density at radius 2 is 1.74 bits per heavy atom. The maximum atomic E-state index is 12.4. The maximum Gasteiger partial charge on any atom is 0.257 e. The molecule has 0 radical (unpaired) electrons. The van der Waals surface area contributed by atoms with E-state index in [-0.39, 0.29) is 17.4 Å². The van der Waals surface area contributed by atoms with Gasteiger partial charge in [0, 0.05) is 24.3 Å². The Hall–Kier alpha value is -3.74. The van der Waals surface area contributed by atoms with Crippen molar-refractivity contribution in [2.75, 3.05) is 12.4 Å². The van der Waals surface area contributed by atoms with E-state index in [0.29, 0.717) is 23.5 Å². The Balaban J connectivity index is 1.64. The highest BCUT2D eigenvalue weighted by molar-refractivity contribution is 6.05. The number of methoxy groups -OCH3 is 1. The lowest BCUT2D eigenvalue weighted by atomic mass is 10.1. The van der Waals surface area contributed by atoms with E-state index in [1.807, 2.05) is 12.1 Å². The van der Waals surface area contributed by atoms with Gasteiger partial charge in [-0.3, -0.25) is 19.6 Å². The van der Waals surface area contributed by atoms with Crippen molar-refractivity contribution in [1.82, 2.24) is 15.3 Å². The van der Waals surface area contributed by atoms with Crippen LogP contribution >= 0.6 is 0 Å². The van der Waals surface area contributed by atoms with Gasteiger partial charge in [-0.1, -0.05) is 6.07 Å². The number of ether oxygens (including phenoxy) is 1. The molecule has 0 aliphatic rings. The maximum absolute atomic E-state index is 12.4. The fourth-order valence-corrected chi connectivity index (χ4v) is 2.34. The number of rotatable bonds is 6. The fraction of sp³-hybridized carbons (Fsp3) is 0.100. The van der Waals surface area contributed by atoms with E-state index >= 15 is 0 Å². The molecule has 0 atom stereocenters. The van der Waals surface area contributed by atoms with E-state index in [1.165, 1.54) is 18.5 Å². The van der Waals surface area contributed by atoms with Gasteiger partial charge in [0.05, 0.1) is 30.5 Å². The molecule has 0 aliphatic heterocycles. The van der Waals surface area contributed by atoms with Crippen molar-refractivity contribution in [3.8, 4) is 5.75 Å². The summed E-state index contributed by atoms with van der Waals surface area (Å²) in [4.78, 5) is 32.8. The molecule has 0 aliphatic carbocycles. The number of anilines is 1. The molecule has 2 aromatic heterocycles. The molecule has 1 aromatic carbocycles. The number of hydrogen-bond acceptors (Lipinski definition) is 5. The summed E-state index contributed by atoms with van der Waals surface area (Å²) in [6.45, 7) is 0.294. The van der Waals surface area contributed by atoms with Crippen LogP contribution in [0.5, 0.6) is 5.75 Å². The van der Waals surface area contributed by atoms with E-state index in [4.69, 9.17) is 4.74 Å². The summed E-state index contributed by atoms with van der Waals surface area (Å²) in [5.74, 6) is 0.0144. The van der Waals surface area contributed by atoms with Crippen molar-refractivity contribution in [2.45, 2.75) is 6.54 Å². The number of nitrogens with one attached hydrogen (secondary N) is 2. The second-order valence-electron chi connectivity index (χ2n) is 5.65. The third-order valence-corrected chi connectivity index (χ3v) is 3.77. The van der Waals surface area contributed by atoms with Crippen LogP contribution in [-0.2, 0) is 6.54 Å². The first-order valence-electron chi connectivity index (χ1n) is 8.24. The molecule has 0 fully saturated rings. The predicted molar refractivity (Wildman–Crippen MR) is 101 cm³/mol. The number of amides is 2.